The zero-order valence-electron chi connectivity index (χ0n) is 9.29. The van der Waals surface area contributed by atoms with E-state index in [0.717, 1.165) is 25.9 Å². The van der Waals surface area contributed by atoms with Crippen molar-refractivity contribution in [3.63, 3.8) is 0 Å². The van der Waals surface area contributed by atoms with Gasteiger partial charge in [-0.25, -0.2) is 0 Å². The van der Waals surface area contributed by atoms with Crippen LogP contribution in [0.3, 0.4) is 0 Å². The fraction of sp³-hybridized carbons (Fsp3) is 0.818. The lowest BCUT2D eigenvalue weighted by Gasteiger charge is -2.44. The number of halogens is 3. The van der Waals surface area contributed by atoms with E-state index in [-0.39, 0.29) is 24.2 Å². The van der Waals surface area contributed by atoms with Gasteiger partial charge < -0.3 is 0 Å². The highest BCUT2D eigenvalue weighted by molar-refractivity contribution is 6.76. The van der Waals surface area contributed by atoms with E-state index in [1.165, 1.54) is 0 Å². The summed E-state index contributed by atoms with van der Waals surface area (Å²) in [6.07, 6.45) is 2.53. The van der Waals surface area contributed by atoms with E-state index < -0.39 is 9.58 Å². The SMILES string of the molecule is O=C1C2CCN(CC2)C1CCC(=O)C(Cl)(Cl)Cl. The van der Waals surface area contributed by atoms with Crippen LogP contribution >= 0.6 is 34.8 Å². The molecule has 3 saturated heterocycles. The van der Waals surface area contributed by atoms with E-state index in [4.69, 9.17) is 34.8 Å². The first-order valence-corrected chi connectivity index (χ1v) is 6.91. The topological polar surface area (TPSA) is 37.4 Å². The maximum Gasteiger partial charge on any atom is 0.248 e. The van der Waals surface area contributed by atoms with Crippen LogP contribution in [0.15, 0.2) is 0 Å². The molecule has 0 amide bonds. The summed E-state index contributed by atoms with van der Waals surface area (Å²) in [5, 5.41) is 0. The average Bonchev–Trinajstić information content (AvgIpc) is 2.27. The maximum absolute atomic E-state index is 12.0. The first-order valence-electron chi connectivity index (χ1n) is 5.77. The highest BCUT2D eigenvalue weighted by atomic mass is 35.6. The number of nitrogens with zero attached hydrogens (tertiary/aromatic N) is 1. The van der Waals surface area contributed by atoms with Gasteiger partial charge in [0.2, 0.25) is 3.79 Å². The summed E-state index contributed by atoms with van der Waals surface area (Å²) >= 11 is 16.5. The highest BCUT2D eigenvalue weighted by Gasteiger charge is 2.41. The molecule has 3 fully saturated rings. The third-order valence-electron chi connectivity index (χ3n) is 3.66. The van der Waals surface area contributed by atoms with Gasteiger partial charge in [-0.1, -0.05) is 34.8 Å². The van der Waals surface area contributed by atoms with Gasteiger partial charge in [-0.15, -0.1) is 0 Å². The molecular formula is C11H14Cl3NO2. The van der Waals surface area contributed by atoms with Crippen LogP contribution in [-0.4, -0.2) is 39.4 Å². The second-order valence-corrected chi connectivity index (χ2v) is 6.97. The van der Waals surface area contributed by atoms with Crippen LogP contribution < -0.4 is 0 Å². The summed E-state index contributed by atoms with van der Waals surface area (Å²) in [5.41, 5.74) is 0. The molecule has 3 aliphatic heterocycles. The summed E-state index contributed by atoms with van der Waals surface area (Å²) in [5.74, 6) is 0.0189. The summed E-state index contributed by atoms with van der Waals surface area (Å²) in [4.78, 5) is 25.6. The molecule has 17 heavy (non-hydrogen) atoms. The summed E-state index contributed by atoms with van der Waals surface area (Å²) in [7, 11) is 0. The number of alkyl halides is 3. The predicted octanol–water partition coefficient (Wildman–Crippen LogP) is 2.37. The molecule has 0 N–H and O–H groups in total. The minimum Gasteiger partial charge on any atom is -0.298 e. The molecule has 0 aromatic carbocycles. The zero-order chi connectivity index (χ0) is 12.6. The van der Waals surface area contributed by atoms with Crippen molar-refractivity contribution < 1.29 is 9.59 Å². The number of hydrogen-bond acceptors (Lipinski definition) is 3. The third-order valence-corrected chi connectivity index (χ3v) is 4.29. The molecule has 1 unspecified atom stereocenters. The number of Topliss-reactive ketones (excluding diaryl/α,β-unsaturated/α-hetero) is 2. The lowest BCUT2D eigenvalue weighted by molar-refractivity contribution is -0.137. The van der Waals surface area contributed by atoms with Crippen molar-refractivity contribution in [1.82, 2.24) is 4.90 Å². The molecule has 2 bridgehead atoms. The smallest absolute Gasteiger partial charge is 0.248 e. The minimum atomic E-state index is -1.86. The van der Waals surface area contributed by atoms with Crippen molar-refractivity contribution in [3.8, 4) is 0 Å². The largest absolute Gasteiger partial charge is 0.298 e. The van der Waals surface area contributed by atoms with Crippen molar-refractivity contribution in [2.45, 2.75) is 35.5 Å². The molecule has 6 heteroatoms. The van der Waals surface area contributed by atoms with E-state index in [1.54, 1.807) is 0 Å². The molecule has 3 nitrogen and oxygen atoms in total. The molecule has 3 rings (SSSR count). The zero-order valence-corrected chi connectivity index (χ0v) is 11.6. The van der Waals surface area contributed by atoms with Crippen molar-refractivity contribution in [2.75, 3.05) is 13.1 Å². The minimum absolute atomic E-state index is 0.140. The second-order valence-electron chi connectivity index (χ2n) is 4.69. The van der Waals surface area contributed by atoms with Gasteiger partial charge in [0.1, 0.15) is 0 Å². The third kappa shape index (κ3) is 2.95. The number of ketones is 2. The second kappa shape index (κ2) is 5.04. The van der Waals surface area contributed by atoms with Gasteiger partial charge >= 0.3 is 0 Å². The molecule has 0 saturated carbocycles. The molecule has 0 spiro atoms. The van der Waals surface area contributed by atoms with Crippen molar-refractivity contribution in [2.24, 2.45) is 5.92 Å². The van der Waals surface area contributed by atoms with Gasteiger partial charge in [0.05, 0.1) is 6.04 Å². The lowest BCUT2D eigenvalue weighted by Crippen LogP contribution is -2.55. The van der Waals surface area contributed by atoms with Crippen molar-refractivity contribution >= 4 is 46.4 Å². The quantitative estimate of drug-likeness (QED) is 0.751. The summed E-state index contributed by atoms with van der Waals surface area (Å²) < 4.78 is -1.86. The molecule has 96 valence electrons. The molecule has 3 heterocycles. The Morgan fingerprint density at radius 2 is 1.88 bits per heavy atom. The number of rotatable bonds is 3. The van der Waals surface area contributed by atoms with Gasteiger partial charge in [-0.3, -0.25) is 14.5 Å². The first-order chi connectivity index (χ1) is 7.89. The maximum atomic E-state index is 12.0. The summed E-state index contributed by atoms with van der Waals surface area (Å²) in [6, 6.07) is -0.140. The fourth-order valence-electron chi connectivity index (χ4n) is 2.68. The molecule has 0 radical (unpaired) electrons. The number of fused-ring (bicyclic) bond motifs is 3. The van der Waals surface area contributed by atoms with Gasteiger partial charge in [-0.2, -0.15) is 0 Å². The Morgan fingerprint density at radius 1 is 1.29 bits per heavy atom. The number of piperidine rings is 3. The molecule has 0 aromatic rings. The Hall–Kier alpha value is 0.170. The molecular weight excluding hydrogens is 284 g/mol. The predicted molar refractivity (Wildman–Crippen MR) is 67.6 cm³/mol. The highest BCUT2D eigenvalue weighted by Crippen LogP contribution is 2.33. The van der Waals surface area contributed by atoms with Crippen LogP contribution in [-0.2, 0) is 9.59 Å². The Morgan fingerprint density at radius 3 is 2.35 bits per heavy atom. The molecule has 1 atom stereocenters. The molecule has 3 aliphatic rings. The molecule has 0 aromatic heterocycles. The van der Waals surface area contributed by atoms with Crippen LogP contribution in [0.4, 0.5) is 0 Å². The van der Waals surface area contributed by atoms with E-state index in [9.17, 15) is 9.59 Å². The summed E-state index contributed by atoms with van der Waals surface area (Å²) in [6.45, 7) is 1.89. The van der Waals surface area contributed by atoms with Crippen LogP contribution in [0.5, 0.6) is 0 Å². The standard InChI is InChI=1S/C11H14Cl3NO2/c12-11(13,14)9(16)2-1-8-10(17)7-3-5-15(8)6-4-7/h7-8H,1-6H2. The van der Waals surface area contributed by atoms with Gasteiger partial charge in [0.15, 0.2) is 11.6 Å². The van der Waals surface area contributed by atoms with Gasteiger partial charge in [-0.05, 0) is 32.4 Å². The van der Waals surface area contributed by atoms with Crippen molar-refractivity contribution in [3.05, 3.63) is 0 Å². The van der Waals surface area contributed by atoms with E-state index in [2.05, 4.69) is 4.90 Å². The monoisotopic (exact) mass is 297 g/mol. The Balaban J connectivity index is 1.91. The lowest BCUT2D eigenvalue weighted by atomic mass is 9.80. The Bertz CT molecular complexity index is 332. The first kappa shape index (κ1) is 13.6. The van der Waals surface area contributed by atoms with Gasteiger partial charge in [0, 0.05) is 12.3 Å². The van der Waals surface area contributed by atoms with Gasteiger partial charge in [0.25, 0.3) is 0 Å². The fourth-order valence-corrected chi connectivity index (χ4v) is 2.97. The average molecular weight is 299 g/mol. The van der Waals surface area contributed by atoms with E-state index in [1.807, 2.05) is 0 Å². The number of carbonyl (C=O) groups is 2. The van der Waals surface area contributed by atoms with Crippen LogP contribution in [0.25, 0.3) is 0 Å². The van der Waals surface area contributed by atoms with Crippen molar-refractivity contribution in [1.29, 1.82) is 0 Å². The van der Waals surface area contributed by atoms with Crippen LogP contribution in [0, 0.1) is 5.92 Å². The molecule has 0 aliphatic carbocycles. The Kier molecular flexibility index (Phi) is 4.03. The number of carbonyl (C=O) groups excluding carboxylic acids is 2. The normalized spacial score (nSPS) is 32.9. The van der Waals surface area contributed by atoms with E-state index in [0.29, 0.717) is 6.42 Å². The van der Waals surface area contributed by atoms with Crippen LogP contribution in [0.2, 0.25) is 0 Å². The van der Waals surface area contributed by atoms with E-state index >= 15 is 0 Å². The Labute approximate surface area is 115 Å². The van der Waals surface area contributed by atoms with Crippen LogP contribution in [0.1, 0.15) is 25.7 Å². The number of hydrogen-bond donors (Lipinski definition) is 0.